The zero-order chi connectivity index (χ0) is 14.4. The summed E-state index contributed by atoms with van der Waals surface area (Å²) in [5.74, 6) is 0.769. The predicted molar refractivity (Wildman–Crippen MR) is 90.8 cm³/mol. The molecule has 1 aliphatic rings. The van der Waals surface area contributed by atoms with Gasteiger partial charge in [0.1, 0.15) is 0 Å². The molecular weight excluding hydrogens is 264 g/mol. The topological polar surface area (TPSA) is 15.3 Å². The summed E-state index contributed by atoms with van der Waals surface area (Å²) in [6, 6.07) is 9.19. The van der Waals surface area contributed by atoms with Gasteiger partial charge in [0.05, 0.1) is 0 Å². The second kappa shape index (κ2) is 7.94. The Morgan fingerprint density at radius 3 is 2.95 bits per heavy atom. The third kappa shape index (κ3) is 4.16. The van der Waals surface area contributed by atoms with Gasteiger partial charge in [-0.2, -0.15) is 0 Å². The van der Waals surface area contributed by atoms with E-state index in [0.29, 0.717) is 6.04 Å². The van der Waals surface area contributed by atoms with Gasteiger partial charge in [-0.15, -0.1) is 11.8 Å². The average molecular weight is 292 g/mol. The van der Waals surface area contributed by atoms with Crippen molar-refractivity contribution in [3.05, 3.63) is 24.3 Å². The molecule has 2 unspecified atom stereocenters. The van der Waals surface area contributed by atoms with E-state index in [2.05, 4.69) is 54.6 Å². The SMILES string of the molecule is CCCN1CCCC(C(C)Nc2ccccc2SC)C1. The number of nitrogens with one attached hydrogen (secondary N) is 1. The molecule has 0 aromatic heterocycles. The van der Waals surface area contributed by atoms with E-state index in [0.717, 1.165) is 5.92 Å². The summed E-state index contributed by atoms with van der Waals surface area (Å²) in [7, 11) is 0. The number of anilines is 1. The van der Waals surface area contributed by atoms with E-state index in [9.17, 15) is 0 Å². The molecule has 1 fully saturated rings. The van der Waals surface area contributed by atoms with Gasteiger partial charge in [-0.1, -0.05) is 19.1 Å². The van der Waals surface area contributed by atoms with Crippen LogP contribution in [0.4, 0.5) is 5.69 Å². The van der Waals surface area contributed by atoms with Crippen molar-refractivity contribution >= 4 is 17.4 Å². The van der Waals surface area contributed by atoms with Crippen LogP contribution in [-0.4, -0.2) is 36.8 Å². The molecule has 2 nitrogen and oxygen atoms in total. The van der Waals surface area contributed by atoms with Crippen LogP contribution < -0.4 is 5.32 Å². The number of thioether (sulfide) groups is 1. The second-order valence-corrected chi connectivity index (χ2v) is 6.68. The van der Waals surface area contributed by atoms with Crippen molar-refractivity contribution in [2.45, 2.75) is 44.0 Å². The Morgan fingerprint density at radius 2 is 2.20 bits per heavy atom. The fourth-order valence-electron chi connectivity index (χ4n) is 3.15. The molecule has 1 heterocycles. The van der Waals surface area contributed by atoms with Crippen LogP contribution in [0.25, 0.3) is 0 Å². The van der Waals surface area contributed by atoms with Gasteiger partial charge < -0.3 is 10.2 Å². The van der Waals surface area contributed by atoms with Crippen LogP contribution in [0, 0.1) is 5.92 Å². The first-order chi connectivity index (χ1) is 9.74. The van der Waals surface area contributed by atoms with Gasteiger partial charge in [-0.3, -0.25) is 0 Å². The molecule has 0 amide bonds. The maximum Gasteiger partial charge on any atom is 0.0480 e. The largest absolute Gasteiger partial charge is 0.381 e. The van der Waals surface area contributed by atoms with Gasteiger partial charge in [-0.05, 0) is 63.6 Å². The number of likely N-dealkylation sites (tertiary alicyclic amines) is 1. The smallest absolute Gasteiger partial charge is 0.0480 e. The number of rotatable bonds is 6. The first-order valence-corrected chi connectivity index (χ1v) is 9.09. The van der Waals surface area contributed by atoms with Crippen LogP contribution in [0.1, 0.15) is 33.1 Å². The van der Waals surface area contributed by atoms with E-state index in [4.69, 9.17) is 0 Å². The summed E-state index contributed by atoms with van der Waals surface area (Å²) < 4.78 is 0. The van der Waals surface area contributed by atoms with E-state index in [-0.39, 0.29) is 0 Å². The Balaban J connectivity index is 1.95. The molecule has 0 bridgehead atoms. The zero-order valence-electron chi connectivity index (χ0n) is 13.1. The lowest BCUT2D eigenvalue weighted by Gasteiger charge is -2.36. The summed E-state index contributed by atoms with van der Waals surface area (Å²) >= 11 is 1.82. The van der Waals surface area contributed by atoms with Crippen LogP contribution in [0.3, 0.4) is 0 Å². The molecule has 3 heteroatoms. The molecule has 0 radical (unpaired) electrons. The van der Waals surface area contributed by atoms with Gasteiger partial charge >= 0.3 is 0 Å². The highest BCUT2D eigenvalue weighted by Gasteiger charge is 2.24. The van der Waals surface area contributed by atoms with E-state index in [1.54, 1.807) is 0 Å². The van der Waals surface area contributed by atoms with E-state index in [1.807, 2.05) is 11.8 Å². The highest BCUT2D eigenvalue weighted by Crippen LogP contribution is 2.28. The summed E-state index contributed by atoms with van der Waals surface area (Å²) in [6.45, 7) is 8.42. The Morgan fingerprint density at radius 1 is 1.40 bits per heavy atom. The molecule has 0 spiro atoms. The normalized spacial score (nSPS) is 21.6. The van der Waals surface area contributed by atoms with Crippen molar-refractivity contribution in [1.82, 2.24) is 4.90 Å². The third-order valence-electron chi connectivity index (χ3n) is 4.28. The summed E-state index contributed by atoms with van der Waals surface area (Å²) in [4.78, 5) is 3.98. The molecule has 0 saturated carbocycles. The number of piperidine rings is 1. The van der Waals surface area contributed by atoms with Crippen molar-refractivity contribution in [1.29, 1.82) is 0 Å². The van der Waals surface area contributed by atoms with Crippen molar-refractivity contribution in [3.63, 3.8) is 0 Å². The van der Waals surface area contributed by atoms with Crippen molar-refractivity contribution in [2.24, 2.45) is 5.92 Å². The maximum atomic E-state index is 3.75. The first kappa shape index (κ1) is 15.7. The predicted octanol–water partition coefficient (Wildman–Crippen LogP) is 4.33. The maximum absolute atomic E-state index is 3.75. The van der Waals surface area contributed by atoms with Crippen LogP contribution in [-0.2, 0) is 0 Å². The van der Waals surface area contributed by atoms with Gasteiger partial charge in [0.2, 0.25) is 0 Å². The summed E-state index contributed by atoms with van der Waals surface area (Å²) in [6.07, 6.45) is 6.12. The van der Waals surface area contributed by atoms with Crippen molar-refractivity contribution in [3.8, 4) is 0 Å². The third-order valence-corrected chi connectivity index (χ3v) is 5.07. The Hall–Kier alpha value is -0.670. The van der Waals surface area contributed by atoms with Gasteiger partial charge in [0.25, 0.3) is 0 Å². The number of hydrogen-bond acceptors (Lipinski definition) is 3. The van der Waals surface area contributed by atoms with Crippen LogP contribution in [0.5, 0.6) is 0 Å². The Kier molecular flexibility index (Phi) is 6.24. The minimum atomic E-state index is 0.544. The van der Waals surface area contributed by atoms with Crippen LogP contribution >= 0.6 is 11.8 Å². The molecule has 1 aliphatic heterocycles. The van der Waals surface area contributed by atoms with Crippen molar-refractivity contribution in [2.75, 3.05) is 31.2 Å². The minimum absolute atomic E-state index is 0.544. The molecule has 2 atom stereocenters. The molecule has 20 heavy (non-hydrogen) atoms. The van der Waals surface area contributed by atoms with Gasteiger partial charge in [0, 0.05) is 23.2 Å². The second-order valence-electron chi connectivity index (χ2n) is 5.84. The van der Waals surface area contributed by atoms with Gasteiger partial charge in [-0.25, -0.2) is 0 Å². The van der Waals surface area contributed by atoms with Gasteiger partial charge in [0.15, 0.2) is 0 Å². The summed E-state index contributed by atoms with van der Waals surface area (Å²) in [5, 5.41) is 3.75. The molecule has 112 valence electrons. The Labute approximate surface area is 128 Å². The van der Waals surface area contributed by atoms with E-state index < -0.39 is 0 Å². The van der Waals surface area contributed by atoms with Crippen LogP contribution in [0.2, 0.25) is 0 Å². The average Bonchev–Trinajstić information content (AvgIpc) is 2.48. The number of nitrogens with zero attached hydrogens (tertiary/aromatic N) is 1. The Bertz CT molecular complexity index is 406. The molecule has 1 saturated heterocycles. The number of para-hydroxylation sites is 1. The molecule has 1 aromatic carbocycles. The molecule has 1 N–H and O–H groups in total. The fourth-order valence-corrected chi connectivity index (χ4v) is 3.71. The first-order valence-electron chi connectivity index (χ1n) is 7.86. The highest BCUT2D eigenvalue weighted by molar-refractivity contribution is 7.98. The lowest BCUT2D eigenvalue weighted by molar-refractivity contribution is 0.165. The minimum Gasteiger partial charge on any atom is -0.381 e. The lowest BCUT2D eigenvalue weighted by atomic mass is 9.91. The number of benzene rings is 1. The standard InChI is InChI=1S/C17H28N2S/c1-4-11-19-12-7-8-15(13-19)14(2)18-16-9-5-6-10-17(16)20-3/h5-6,9-10,14-15,18H,4,7-8,11-13H2,1-3H3. The molecule has 2 rings (SSSR count). The van der Waals surface area contributed by atoms with E-state index >= 15 is 0 Å². The van der Waals surface area contributed by atoms with Crippen molar-refractivity contribution < 1.29 is 0 Å². The highest BCUT2D eigenvalue weighted by atomic mass is 32.2. The van der Waals surface area contributed by atoms with Crippen LogP contribution in [0.15, 0.2) is 29.2 Å². The lowest BCUT2D eigenvalue weighted by Crippen LogP contribution is -2.42. The monoisotopic (exact) mass is 292 g/mol. The fraction of sp³-hybridized carbons (Fsp3) is 0.647. The molecule has 1 aromatic rings. The quantitative estimate of drug-likeness (QED) is 0.786. The molecular formula is C17H28N2S. The zero-order valence-corrected chi connectivity index (χ0v) is 13.9. The number of hydrogen-bond donors (Lipinski definition) is 1. The van der Waals surface area contributed by atoms with E-state index in [1.165, 1.54) is 49.5 Å². The summed E-state index contributed by atoms with van der Waals surface area (Å²) in [5.41, 5.74) is 1.29. The molecule has 0 aliphatic carbocycles.